The maximum Gasteiger partial charge on any atom is 0.252 e. The Bertz CT molecular complexity index is 869. The van der Waals surface area contributed by atoms with Crippen molar-refractivity contribution < 1.29 is 8.42 Å². The molecule has 0 aliphatic carbocycles. The van der Waals surface area contributed by atoms with Crippen molar-refractivity contribution in [3.8, 4) is 0 Å². The topological polar surface area (TPSA) is 86.7 Å². The fourth-order valence-electron chi connectivity index (χ4n) is 2.60. The van der Waals surface area contributed by atoms with Crippen molar-refractivity contribution in [1.29, 1.82) is 0 Å². The number of guanidine groups is 1. The Kier molecular flexibility index (Phi) is 8.87. The molecule has 0 fully saturated rings. The second kappa shape index (κ2) is 10.9. The Morgan fingerprint density at radius 1 is 1.14 bits per heavy atom. The Hall–Kier alpha value is -1.49. The lowest BCUT2D eigenvalue weighted by Gasteiger charge is -2.16. The highest BCUT2D eigenvalue weighted by Gasteiger charge is 2.23. The molecular weight excluding hydrogens is 414 g/mol. The van der Waals surface area contributed by atoms with Crippen LogP contribution < -0.4 is 10.6 Å². The quantitative estimate of drug-likeness (QED) is 0.435. The van der Waals surface area contributed by atoms with Crippen LogP contribution in [0, 0.1) is 0 Å². The molecule has 0 spiro atoms. The molecule has 0 saturated heterocycles. The summed E-state index contributed by atoms with van der Waals surface area (Å²) < 4.78 is 27.0. The molecule has 0 aliphatic heterocycles. The van der Waals surface area contributed by atoms with Gasteiger partial charge in [-0.25, -0.2) is 13.4 Å². The summed E-state index contributed by atoms with van der Waals surface area (Å²) in [4.78, 5) is 10.9. The summed E-state index contributed by atoms with van der Waals surface area (Å²) in [7, 11) is -1.65. The molecule has 2 aromatic rings. The third kappa shape index (κ3) is 6.00. The second-order valence-corrected chi connectivity index (χ2v) is 10.5. The van der Waals surface area contributed by atoms with Crippen LogP contribution in [-0.2, 0) is 29.4 Å². The number of hydrogen-bond donors (Lipinski definition) is 2. The maximum atomic E-state index is 12.6. The highest BCUT2D eigenvalue weighted by Crippen LogP contribution is 2.25. The van der Waals surface area contributed by atoms with E-state index in [1.807, 2.05) is 26.1 Å². The van der Waals surface area contributed by atoms with E-state index < -0.39 is 10.0 Å². The maximum absolute atomic E-state index is 12.6. The van der Waals surface area contributed by atoms with E-state index in [0.717, 1.165) is 22.7 Å². The smallest absolute Gasteiger partial charge is 0.252 e. The van der Waals surface area contributed by atoms with Gasteiger partial charge < -0.3 is 10.6 Å². The van der Waals surface area contributed by atoms with Gasteiger partial charge in [-0.1, -0.05) is 20.8 Å². The van der Waals surface area contributed by atoms with E-state index in [-0.39, 0.29) is 0 Å². The molecule has 28 heavy (non-hydrogen) atoms. The van der Waals surface area contributed by atoms with Crippen LogP contribution in [0.3, 0.4) is 0 Å². The van der Waals surface area contributed by atoms with Crippen LogP contribution in [0.2, 0.25) is 0 Å². The standard InChI is InChI=1S/C18H29N5O2S3/c1-5-14-12-21-16(26-14)13-22-18(19-4)20-11-10-15-8-9-17(27-15)28(24,25)23(6-2)7-3/h8-9,12H,5-7,10-11,13H2,1-4H3,(H2,19,20,22). The molecular formula is C18H29N5O2S3. The fraction of sp³-hybridized carbons (Fsp3) is 0.556. The van der Waals surface area contributed by atoms with Gasteiger partial charge in [-0.15, -0.1) is 22.7 Å². The van der Waals surface area contributed by atoms with E-state index in [1.165, 1.54) is 20.5 Å². The van der Waals surface area contributed by atoms with Crippen molar-refractivity contribution in [2.75, 3.05) is 26.7 Å². The first-order chi connectivity index (χ1) is 13.4. The van der Waals surface area contributed by atoms with E-state index in [1.54, 1.807) is 24.5 Å². The lowest BCUT2D eigenvalue weighted by Crippen LogP contribution is -2.37. The third-order valence-corrected chi connectivity index (χ3v) is 8.98. The van der Waals surface area contributed by atoms with Gasteiger partial charge in [-0.3, -0.25) is 4.99 Å². The minimum Gasteiger partial charge on any atom is -0.356 e. The van der Waals surface area contributed by atoms with E-state index in [9.17, 15) is 8.42 Å². The van der Waals surface area contributed by atoms with E-state index >= 15 is 0 Å². The van der Waals surface area contributed by atoms with Crippen LogP contribution in [-0.4, -0.2) is 50.3 Å². The number of nitrogens with zero attached hydrogens (tertiary/aromatic N) is 3. The molecule has 7 nitrogen and oxygen atoms in total. The zero-order chi connectivity index (χ0) is 20.6. The molecule has 2 N–H and O–H groups in total. The summed E-state index contributed by atoms with van der Waals surface area (Å²) in [6, 6.07) is 3.59. The van der Waals surface area contributed by atoms with Crippen molar-refractivity contribution in [2.45, 2.75) is 44.4 Å². The van der Waals surface area contributed by atoms with Gasteiger partial charge in [0.05, 0.1) is 6.54 Å². The molecule has 10 heteroatoms. The molecule has 2 heterocycles. The average molecular weight is 444 g/mol. The van der Waals surface area contributed by atoms with Gasteiger partial charge in [0.1, 0.15) is 9.22 Å². The Morgan fingerprint density at radius 3 is 2.50 bits per heavy atom. The van der Waals surface area contributed by atoms with Gasteiger partial charge >= 0.3 is 0 Å². The molecule has 0 bridgehead atoms. The Labute approximate surface area is 176 Å². The first kappa shape index (κ1) is 22.8. The Balaban J connectivity index is 1.84. The normalized spacial score (nSPS) is 12.5. The van der Waals surface area contributed by atoms with Crippen molar-refractivity contribution in [3.63, 3.8) is 0 Å². The largest absolute Gasteiger partial charge is 0.356 e. The van der Waals surface area contributed by atoms with Crippen LogP contribution in [0.4, 0.5) is 0 Å². The van der Waals surface area contributed by atoms with Gasteiger partial charge in [0.25, 0.3) is 10.0 Å². The number of aromatic nitrogens is 1. The van der Waals surface area contributed by atoms with E-state index in [2.05, 4.69) is 27.5 Å². The highest BCUT2D eigenvalue weighted by atomic mass is 32.2. The van der Waals surface area contributed by atoms with E-state index in [0.29, 0.717) is 36.3 Å². The number of thiazole rings is 1. The molecule has 0 unspecified atom stereocenters. The number of hydrogen-bond acceptors (Lipinski definition) is 6. The molecule has 0 aliphatic rings. The van der Waals surface area contributed by atoms with Gasteiger partial charge in [0, 0.05) is 42.6 Å². The molecule has 2 aromatic heterocycles. The SMILES string of the molecule is CCc1cnc(CNC(=NC)NCCc2ccc(S(=O)(=O)N(CC)CC)s2)s1. The van der Waals surface area contributed by atoms with Crippen LogP contribution in [0.15, 0.2) is 27.5 Å². The van der Waals surface area contributed by atoms with Gasteiger partial charge in [0.2, 0.25) is 0 Å². The minimum atomic E-state index is -3.38. The van der Waals surface area contributed by atoms with Crippen LogP contribution in [0.5, 0.6) is 0 Å². The minimum absolute atomic E-state index is 0.407. The van der Waals surface area contributed by atoms with Crippen molar-refractivity contribution in [2.24, 2.45) is 4.99 Å². The number of rotatable bonds is 10. The molecule has 0 saturated carbocycles. The number of aryl methyl sites for hydroxylation is 1. The Morgan fingerprint density at radius 2 is 1.89 bits per heavy atom. The van der Waals surface area contributed by atoms with Gasteiger partial charge in [-0.2, -0.15) is 4.31 Å². The molecule has 156 valence electrons. The molecule has 0 radical (unpaired) electrons. The van der Waals surface area contributed by atoms with E-state index in [4.69, 9.17) is 0 Å². The predicted octanol–water partition coefficient (Wildman–Crippen LogP) is 2.71. The fourth-order valence-corrected chi connectivity index (χ4v) is 6.37. The lowest BCUT2D eigenvalue weighted by atomic mass is 10.3. The molecule has 0 aromatic carbocycles. The second-order valence-electron chi connectivity index (χ2n) is 5.99. The summed E-state index contributed by atoms with van der Waals surface area (Å²) in [6.45, 7) is 8.09. The molecule has 2 rings (SSSR count). The first-order valence-corrected chi connectivity index (χ1v) is 12.5. The number of nitrogens with one attached hydrogen (secondary N) is 2. The monoisotopic (exact) mass is 443 g/mol. The summed E-state index contributed by atoms with van der Waals surface area (Å²) >= 11 is 3.04. The van der Waals surface area contributed by atoms with Crippen molar-refractivity contribution in [3.05, 3.63) is 33.1 Å². The van der Waals surface area contributed by atoms with Crippen LogP contribution >= 0.6 is 22.7 Å². The zero-order valence-corrected chi connectivity index (χ0v) is 19.3. The number of thiophene rings is 1. The predicted molar refractivity (Wildman–Crippen MR) is 118 cm³/mol. The first-order valence-electron chi connectivity index (χ1n) is 9.41. The van der Waals surface area contributed by atoms with Crippen LogP contribution in [0.25, 0.3) is 0 Å². The summed E-state index contributed by atoms with van der Waals surface area (Å²) in [6.07, 6.45) is 3.65. The summed E-state index contributed by atoms with van der Waals surface area (Å²) in [5.41, 5.74) is 0. The van der Waals surface area contributed by atoms with Gasteiger partial charge in [0.15, 0.2) is 5.96 Å². The molecule has 0 amide bonds. The van der Waals surface area contributed by atoms with Gasteiger partial charge in [-0.05, 0) is 25.0 Å². The zero-order valence-electron chi connectivity index (χ0n) is 16.9. The summed E-state index contributed by atoms with van der Waals surface area (Å²) in [5, 5.41) is 7.55. The van der Waals surface area contributed by atoms with Crippen molar-refractivity contribution in [1.82, 2.24) is 19.9 Å². The highest BCUT2D eigenvalue weighted by molar-refractivity contribution is 7.91. The average Bonchev–Trinajstić information content (AvgIpc) is 3.35. The summed E-state index contributed by atoms with van der Waals surface area (Å²) in [5.74, 6) is 0.709. The molecule has 0 atom stereocenters. The van der Waals surface area contributed by atoms with Crippen LogP contribution in [0.1, 0.15) is 35.5 Å². The number of sulfonamides is 1. The van der Waals surface area contributed by atoms with Crippen molar-refractivity contribution >= 4 is 38.7 Å². The number of aliphatic imine (C=N–C) groups is 1. The lowest BCUT2D eigenvalue weighted by molar-refractivity contribution is 0.447. The third-order valence-electron chi connectivity index (χ3n) is 4.18.